The maximum Gasteiger partial charge on any atom is 0.335 e. The molecule has 16 heavy (non-hydrogen) atoms. The molecule has 1 rings (SSSR count). The molecule has 1 aliphatic carbocycles. The van der Waals surface area contributed by atoms with Crippen molar-refractivity contribution >= 4 is 5.97 Å². The average Bonchev–Trinajstić information content (AvgIpc) is 2.25. The van der Waals surface area contributed by atoms with E-state index in [0.717, 1.165) is 0 Å². The van der Waals surface area contributed by atoms with E-state index in [1.165, 1.54) is 32.1 Å². The summed E-state index contributed by atoms with van der Waals surface area (Å²) < 4.78 is 10.3. The van der Waals surface area contributed by atoms with Crippen molar-refractivity contribution in [3.8, 4) is 0 Å². The molecule has 0 amide bonds. The zero-order chi connectivity index (χ0) is 12.0. The fourth-order valence-corrected chi connectivity index (χ4v) is 2.06. The topological polar surface area (TPSA) is 35.5 Å². The van der Waals surface area contributed by atoms with Crippen LogP contribution in [-0.2, 0) is 14.3 Å². The van der Waals surface area contributed by atoms with Crippen LogP contribution in [0, 0.1) is 5.41 Å². The smallest absolute Gasteiger partial charge is 0.335 e. The molecule has 3 heteroatoms. The molecular weight excluding hydrogens is 204 g/mol. The van der Waals surface area contributed by atoms with Gasteiger partial charge >= 0.3 is 5.97 Å². The van der Waals surface area contributed by atoms with Gasteiger partial charge < -0.3 is 9.47 Å². The Kier molecular flexibility index (Phi) is 5.00. The number of ether oxygens (including phenoxy) is 2. The van der Waals surface area contributed by atoms with E-state index in [-0.39, 0.29) is 18.2 Å². The zero-order valence-corrected chi connectivity index (χ0v) is 10.4. The Labute approximate surface area is 97.8 Å². The molecule has 0 bridgehead atoms. The first-order valence-electron chi connectivity index (χ1n) is 5.94. The molecule has 1 saturated carbocycles. The van der Waals surface area contributed by atoms with E-state index in [4.69, 9.17) is 9.47 Å². The van der Waals surface area contributed by atoms with Crippen LogP contribution >= 0.6 is 0 Å². The third-order valence-corrected chi connectivity index (χ3v) is 3.13. The van der Waals surface area contributed by atoms with Gasteiger partial charge in [0.2, 0.25) is 0 Å². The summed E-state index contributed by atoms with van der Waals surface area (Å²) in [6, 6.07) is 0. The largest absolute Gasteiger partial charge is 0.435 e. The summed E-state index contributed by atoms with van der Waals surface area (Å²) in [7, 11) is 0. The van der Waals surface area contributed by atoms with E-state index in [0.29, 0.717) is 12.2 Å². The molecule has 0 atom stereocenters. The monoisotopic (exact) mass is 226 g/mol. The number of esters is 1. The van der Waals surface area contributed by atoms with Gasteiger partial charge in [0.25, 0.3) is 0 Å². The SMILES string of the molecule is C=C(C)C(=O)OCOCC1(C)CCCCC1. The van der Waals surface area contributed by atoms with Gasteiger partial charge in [-0.25, -0.2) is 4.79 Å². The summed E-state index contributed by atoms with van der Waals surface area (Å²) in [5.74, 6) is -0.381. The maximum absolute atomic E-state index is 11.1. The Balaban J connectivity index is 2.14. The Hall–Kier alpha value is -0.830. The molecule has 0 unspecified atom stereocenters. The summed E-state index contributed by atoms with van der Waals surface area (Å²) in [5, 5.41) is 0. The Morgan fingerprint density at radius 2 is 1.94 bits per heavy atom. The lowest BCUT2D eigenvalue weighted by Crippen LogP contribution is -2.27. The summed E-state index contributed by atoms with van der Waals surface area (Å²) in [6.45, 7) is 8.10. The molecule has 0 aromatic heterocycles. The normalized spacial score (nSPS) is 19.1. The molecular formula is C13H22O3. The number of rotatable bonds is 5. The maximum atomic E-state index is 11.1. The van der Waals surface area contributed by atoms with Crippen LogP contribution in [0.25, 0.3) is 0 Å². The van der Waals surface area contributed by atoms with Gasteiger partial charge in [-0.1, -0.05) is 32.8 Å². The highest BCUT2D eigenvalue weighted by Crippen LogP contribution is 2.35. The number of carbonyl (C=O) groups excluding carboxylic acids is 1. The van der Waals surface area contributed by atoms with Crippen molar-refractivity contribution in [1.82, 2.24) is 0 Å². The molecule has 0 heterocycles. The van der Waals surface area contributed by atoms with Gasteiger partial charge in [-0.15, -0.1) is 0 Å². The predicted molar refractivity (Wildman–Crippen MR) is 62.9 cm³/mol. The van der Waals surface area contributed by atoms with Crippen molar-refractivity contribution in [2.24, 2.45) is 5.41 Å². The van der Waals surface area contributed by atoms with Gasteiger partial charge in [-0.3, -0.25) is 0 Å². The van der Waals surface area contributed by atoms with Gasteiger partial charge in [-0.05, 0) is 25.2 Å². The molecule has 0 spiro atoms. The summed E-state index contributed by atoms with van der Waals surface area (Å²) >= 11 is 0. The molecule has 0 aromatic carbocycles. The minimum atomic E-state index is -0.381. The summed E-state index contributed by atoms with van der Waals surface area (Å²) in [5.41, 5.74) is 0.681. The van der Waals surface area contributed by atoms with Crippen LogP contribution in [0.2, 0.25) is 0 Å². The highest BCUT2D eigenvalue weighted by Gasteiger charge is 2.26. The van der Waals surface area contributed by atoms with E-state index in [2.05, 4.69) is 13.5 Å². The second-order valence-corrected chi connectivity index (χ2v) is 5.05. The van der Waals surface area contributed by atoms with E-state index in [9.17, 15) is 4.79 Å². The van der Waals surface area contributed by atoms with Crippen molar-refractivity contribution in [3.63, 3.8) is 0 Å². The second-order valence-electron chi connectivity index (χ2n) is 5.05. The summed E-state index contributed by atoms with van der Waals surface area (Å²) in [6.07, 6.45) is 6.32. The molecule has 1 fully saturated rings. The lowest BCUT2D eigenvalue weighted by atomic mass is 9.76. The van der Waals surface area contributed by atoms with Crippen molar-refractivity contribution in [2.45, 2.75) is 46.0 Å². The molecule has 0 aromatic rings. The van der Waals surface area contributed by atoms with Gasteiger partial charge in [0.15, 0.2) is 6.79 Å². The third kappa shape index (κ3) is 4.35. The zero-order valence-electron chi connectivity index (χ0n) is 10.4. The van der Waals surface area contributed by atoms with Crippen LogP contribution in [-0.4, -0.2) is 19.4 Å². The number of hydrogen-bond donors (Lipinski definition) is 0. The first-order chi connectivity index (χ1) is 7.53. The third-order valence-electron chi connectivity index (χ3n) is 3.13. The van der Waals surface area contributed by atoms with Gasteiger partial charge in [0.1, 0.15) is 0 Å². The lowest BCUT2D eigenvalue weighted by molar-refractivity contribution is -0.154. The number of hydrogen-bond acceptors (Lipinski definition) is 3. The Morgan fingerprint density at radius 1 is 1.31 bits per heavy atom. The van der Waals surface area contributed by atoms with Crippen molar-refractivity contribution in [2.75, 3.05) is 13.4 Å². The lowest BCUT2D eigenvalue weighted by Gasteiger charge is -2.32. The first-order valence-corrected chi connectivity index (χ1v) is 5.94. The van der Waals surface area contributed by atoms with E-state index >= 15 is 0 Å². The van der Waals surface area contributed by atoms with Crippen LogP contribution in [0.3, 0.4) is 0 Å². The first kappa shape index (κ1) is 13.2. The molecule has 0 N–H and O–H groups in total. The second kappa shape index (κ2) is 6.04. The Bertz CT molecular complexity index is 252. The highest BCUT2D eigenvalue weighted by molar-refractivity contribution is 5.86. The van der Waals surface area contributed by atoms with Crippen LogP contribution in [0.15, 0.2) is 12.2 Å². The fraction of sp³-hybridized carbons (Fsp3) is 0.769. The molecule has 1 aliphatic rings. The minimum absolute atomic E-state index is 0.0429. The van der Waals surface area contributed by atoms with Crippen LogP contribution < -0.4 is 0 Å². The van der Waals surface area contributed by atoms with Crippen LogP contribution in [0.1, 0.15) is 46.0 Å². The Morgan fingerprint density at radius 3 is 2.50 bits per heavy atom. The molecule has 92 valence electrons. The van der Waals surface area contributed by atoms with Crippen molar-refractivity contribution in [3.05, 3.63) is 12.2 Å². The standard InChI is InChI=1S/C13H22O3/c1-11(2)12(14)16-10-15-9-13(3)7-5-4-6-8-13/h1,4-10H2,2-3H3. The van der Waals surface area contributed by atoms with Crippen molar-refractivity contribution in [1.29, 1.82) is 0 Å². The quantitative estimate of drug-likeness (QED) is 0.313. The summed E-state index contributed by atoms with van der Waals surface area (Å²) in [4.78, 5) is 11.1. The van der Waals surface area contributed by atoms with Gasteiger partial charge in [0.05, 0.1) is 6.61 Å². The van der Waals surface area contributed by atoms with Gasteiger partial charge in [0, 0.05) is 5.57 Å². The highest BCUT2D eigenvalue weighted by atomic mass is 16.7. The van der Waals surface area contributed by atoms with E-state index in [1.54, 1.807) is 6.92 Å². The molecule has 0 radical (unpaired) electrons. The predicted octanol–water partition coefficient (Wildman–Crippen LogP) is 3.05. The molecule has 0 aliphatic heterocycles. The molecule has 3 nitrogen and oxygen atoms in total. The van der Waals surface area contributed by atoms with E-state index in [1.807, 2.05) is 0 Å². The fourth-order valence-electron chi connectivity index (χ4n) is 2.06. The molecule has 0 saturated heterocycles. The van der Waals surface area contributed by atoms with Crippen LogP contribution in [0.5, 0.6) is 0 Å². The van der Waals surface area contributed by atoms with Gasteiger partial charge in [-0.2, -0.15) is 0 Å². The average molecular weight is 226 g/mol. The van der Waals surface area contributed by atoms with Crippen LogP contribution in [0.4, 0.5) is 0 Å². The van der Waals surface area contributed by atoms with E-state index < -0.39 is 0 Å². The number of carbonyl (C=O) groups is 1. The van der Waals surface area contributed by atoms with Crippen molar-refractivity contribution < 1.29 is 14.3 Å². The minimum Gasteiger partial charge on any atom is -0.435 e.